The topological polar surface area (TPSA) is 39.2 Å². The standard InChI is InChI=1S/C13H18ClNO2/c1-3-10(13(16)17-4-2)5-7-12-8-6-11(14)9-15-12/h6,8-10H,3-5,7H2,1-2H3. The number of ether oxygens (including phenoxy) is 1. The van der Waals surface area contributed by atoms with E-state index in [9.17, 15) is 4.79 Å². The molecule has 0 N–H and O–H groups in total. The maximum absolute atomic E-state index is 11.6. The second kappa shape index (κ2) is 7.28. The first-order valence-electron chi connectivity index (χ1n) is 5.94. The van der Waals surface area contributed by atoms with Crippen LogP contribution in [-0.4, -0.2) is 17.6 Å². The van der Waals surface area contributed by atoms with E-state index in [2.05, 4.69) is 4.98 Å². The monoisotopic (exact) mass is 255 g/mol. The van der Waals surface area contributed by atoms with Gasteiger partial charge in [-0.15, -0.1) is 0 Å². The minimum Gasteiger partial charge on any atom is -0.466 e. The van der Waals surface area contributed by atoms with Crippen LogP contribution in [0.15, 0.2) is 18.3 Å². The van der Waals surface area contributed by atoms with Crippen LogP contribution < -0.4 is 0 Å². The van der Waals surface area contributed by atoms with Crippen molar-refractivity contribution >= 4 is 17.6 Å². The molecule has 0 saturated carbocycles. The van der Waals surface area contributed by atoms with E-state index < -0.39 is 0 Å². The molecule has 0 aliphatic heterocycles. The maximum Gasteiger partial charge on any atom is 0.308 e. The Morgan fingerprint density at radius 3 is 2.76 bits per heavy atom. The normalized spacial score (nSPS) is 12.2. The third-order valence-electron chi connectivity index (χ3n) is 2.65. The van der Waals surface area contributed by atoms with E-state index in [0.717, 1.165) is 25.0 Å². The molecule has 0 aliphatic rings. The smallest absolute Gasteiger partial charge is 0.308 e. The molecule has 0 fully saturated rings. The van der Waals surface area contributed by atoms with Gasteiger partial charge in [0.05, 0.1) is 17.5 Å². The predicted molar refractivity (Wildman–Crippen MR) is 68.0 cm³/mol. The van der Waals surface area contributed by atoms with Crippen molar-refractivity contribution in [2.45, 2.75) is 33.1 Å². The predicted octanol–water partition coefficient (Wildman–Crippen LogP) is 3.26. The van der Waals surface area contributed by atoms with Crippen LogP contribution in [0, 0.1) is 5.92 Å². The molecular formula is C13H18ClNO2. The van der Waals surface area contributed by atoms with E-state index in [4.69, 9.17) is 16.3 Å². The van der Waals surface area contributed by atoms with Crippen molar-refractivity contribution < 1.29 is 9.53 Å². The van der Waals surface area contributed by atoms with Crippen LogP contribution in [0.4, 0.5) is 0 Å². The van der Waals surface area contributed by atoms with Gasteiger partial charge in [0, 0.05) is 11.9 Å². The molecule has 1 aromatic heterocycles. The Morgan fingerprint density at radius 1 is 1.47 bits per heavy atom. The lowest BCUT2D eigenvalue weighted by atomic mass is 9.99. The molecular weight excluding hydrogens is 238 g/mol. The van der Waals surface area contributed by atoms with Crippen molar-refractivity contribution in [3.8, 4) is 0 Å². The lowest BCUT2D eigenvalue weighted by Gasteiger charge is -2.12. The molecule has 1 heterocycles. The fourth-order valence-electron chi connectivity index (χ4n) is 1.63. The Morgan fingerprint density at radius 2 is 2.24 bits per heavy atom. The van der Waals surface area contributed by atoms with Gasteiger partial charge < -0.3 is 4.74 Å². The third-order valence-corrected chi connectivity index (χ3v) is 2.87. The number of halogens is 1. The van der Waals surface area contributed by atoms with Crippen LogP contribution in [0.2, 0.25) is 5.02 Å². The first kappa shape index (κ1) is 14.0. The Balaban J connectivity index is 2.47. The van der Waals surface area contributed by atoms with E-state index in [0.29, 0.717) is 11.6 Å². The summed E-state index contributed by atoms with van der Waals surface area (Å²) in [5.41, 5.74) is 0.956. The van der Waals surface area contributed by atoms with Gasteiger partial charge in [-0.3, -0.25) is 9.78 Å². The highest BCUT2D eigenvalue weighted by molar-refractivity contribution is 6.30. The van der Waals surface area contributed by atoms with Gasteiger partial charge >= 0.3 is 5.97 Å². The van der Waals surface area contributed by atoms with Gasteiger partial charge in [0.2, 0.25) is 0 Å². The van der Waals surface area contributed by atoms with Crippen molar-refractivity contribution in [2.24, 2.45) is 5.92 Å². The van der Waals surface area contributed by atoms with E-state index in [1.807, 2.05) is 26.0 Å². The number of carbonyl (C=O) groups is 1. The first-order valence-corrected chi connectivity index (χ1v) is 6.32. The number of hydrogen-bond donors (Lipinski definition) is 0. The molecule has 0 amide bonds. The lowest BCUT2D eigenvalue weighted by molar-refractivity contribution is -0.148. The fraction of sp³-hybridized carbons (Fsp3) is 0.538. The SMILES string of the molecule is CCOC(=O)C(CC)CCc1ccc(Cl)cn1. The minimum atomic E-state index is -0.107. The van der Waals surface area contributed by atoms with Crippen LogP contribution in [0.1, 0.15) is 32.4 Å². The van der Waals surface area contributed by atoms with Crippen LogP contribution in [0.25, 0.3) is 0 Å². The zero-order chi connectivity index (χ0) is 12.7. The number of rotatable bonds is 6. The number of aryl methyl sites for hydroxylation is 1. The summed E-state index contributed by atoms with van der Waals surface area (Å²) in [4.78, 5) is 15.8. The largest absolute Gasteiger partial charge is 0.466 e. The summed E-state index contributed by atoms with van der Waals surface area (Å²) in [6.07, 6.45) is 3.97. The Kier molecular flexibility index (Phi) is 5.98. The summed E-state index contributed by atoms with van der Waals surface area (Å²) in [6.45, 7) is 4.26. The molecule has 4 heteroatoms. The fourth-order valence-corrected chi connectivity index (χ4v) is 1.74. The number of pyridine rings is 1. The Hall–Kier alpha value is -1.09. The van der Waals surface area contributed by atoms with Gasteiger partial charge in [-0.1, -0.05) is 18.5 Å². The summed E-state index contributed by atoms with van der Waals surface area (Å²) in [5.74, 6) is -0.142. The second-order valence-corrected chi connectivity index (χ2v) is 4.30. The van der Waals surface area contributed by atoms with Crippen LogP contribution >= 0.6 is 11.6 Å². The molecule has 1 unspecified atom stereocenters. The molecule has 0 aliphatic carbocycles. The molecule has 0 radical (unpaired) electrons. The first-order chi connectivity index (χ1) is 8.17. The summed E-state index contributed by atoms with van der Waals surface area (Å²) in [6, 6.07) is 3.70. The van der Waals surface area contributed by atoms with Crippen molar-refractivity contribution in [1.29, 1.82) is 0 Å². The average molecular weight is 256 g/mol. The molecule has 3 nitrogen and oxygen atoms in total. The van der Waals surface area contributed by atoms with Gasteiger partial charge in [-0.2, -0.15) is 0 Å². The van der Waals surface area contributed by atoms with Gasteiger partial charge in [0.1, 0.15) is 0 Å². The van der Waals surface area contributed by atoms with Crippen LogP contribution in [-0.2, 0) is 16.0 Å². The second-order valence-electron chi connectivity index (χ2n) is 3.86. The minimum absolute atomic E-state index is 0.0348. The van der Waals surface area contributed by atoms with Gasteiger partial charge in [-0.05, 0) is 38.3 Å². The third kappa shape index (κ3) is 4.73. The van der Waals surface area contributed by atoms with Gasteiger partial charge in [-0.25, -0.2) is 0 Å². The number of hydrogen-bond acceptors (Lipinski definition) is 3. The zero-order valence-corrected chi connectivity index (χ0v) is 11.0. The molecule has 17 heavy (non-hydrogen) atoms. The quantitative estimate of drug-likeness (QED) is 0.733. The van der Waals surface area contributed by atoms with Crippen LogP contribution in [0.5, 0.6) is 0 Å². The van der Waals surface area contributed by atoms with Crippen molar-refractivity contribution in [1.82, 2.24) is 4.98 Å². The van der Waals surface area contributed by atoms with Crippen molar-refractivity contribution in [3.05, 3.63) is 29.0 Å². The van der Waals surface area contributed by atoms with Gasteiger partial charge in [0.15, 0.2) is 0 Å². The molecule has 1 atom stereocenters. The molecule has 0 saturated heterocycles. The number of carbonyl (C=O) groups excluding carboxylic acids is 1. The molecule has 1 aromatic rings. The molecule has 0 spiro atoms. The Labute approximate surface area is 107 Å². The highest BCUT2D eigenvalue weighted by atomic mass is 35.5. The van der Waals surface area contributed by atoms with E-state index in [1.165, 1.54) is 0 Å². The number of aromatic nitrogens is 1. The van der Waals surface area contributed by atoms with Crippen molar-refractivity contribution in [3.63, 3.8) is 0 Å². The van der Waals surface area contributed by atoms with Gasteiger partial charge in [0.25, 0.3) is 0 Å². The summed E-state index contributed by atoms with van der Waals surface area (Å²) >= 11 is 5.76. The maximum atomic E-state index is 11.6. The van der Waals surface area contributed by atoms with E-state index in [-0.39, 0.29) is 11.9 Å². The molecule has 0 aromatic carbocycles. The molecule has 1 rings (SSSR count). The summed E-state index contributed by atoms with van der Waals surface area (Å²) in [5, 5.41) is 0.631. The number of nitrogens with zero attached hydrogens (tertiary/aromatic N) is 1. The Bertz CT molecular complexity index is 351. The molecule has 94 valence electrons. The lowest BCUT2D eigenvalue weighted by Crippen LogP contribution is -2.17. The van der Waals surface area contributed by atoms with E-state index >= 15 is 0 Å². The van der Waals surface area contributed by atoms with E-state index in [1.54, 1.807) is 6.20 Å². The average Bonchev–Trinajstić information content (AvgIpc) is 2.32. The summed E-state index contributed by atoms with van der Waals surface area (Å²) < 4.78 is 5.02. The van der Waals surface area contributed by atoms with Crippen LogP contribution in [0.3, 0.4) is 0 Å². The van der Waals surface area contributed by atoms with Crippen molar-refractivity contribution in [2.75, 3.05) is 6.61 Å². The highest BCUT2D eigenvalue weighted by Gasteiger charge is 2.17. The number of esters is 1. The highest BCUT2D eigenvalue weighted by Crippen LogP contribution is 2.15. The zero-order valence-electron chi connectivity index (χ0n) is 10.3. The summed E-state index contributed by atoms with van der Waals surface area (Å²) in [7, 11) is 0. The molecule has 0 bridgehead atoms.